The van der Waals surface area contributed by atoms with Gasteiger partial charge >= 0.3 is 6.09 Å². The van der Waals surface area contributed by atoms with Crippen LogP contribution in [0.3, 0.4) is 0 Å². The van der Waals surface area contributed by atoms with Crippen molar-refractivity contribution in [2.75, 3.05) is 50.1 Å². The number of halogens is 2. The highest BCUT2D eigenvalue weighted by Gasteiger charge is 2.48. The first-order valence-electron chi connectivity index (χ1n) is 10.5. The van der Waals surface area contributed by atoms with Crippen molar-refractivity contribution in [3.8, 4) is 0 Å². The number of benzene rings is 1. The quantitative estimate of drug-likeness (QED) is 0.533. The maximum absolute atomic E-state index is 12.3. The summed E-state index contributed by atoms with van der Waals surface area (Å²) in [6.45, 7) is 8.97. The third-order valence-electron chi connectivity index (χ3n) is 6.03. The van der Waals surface area contributed by atoms with Gasteiger partial charge in [0.15, 0.2) is 0 Å². The molecule has 2 saturated heterocycles. The van der Waals surface area contributed by atoms with Gasteiger partial charge in [-0.2, -0.15) is 4.98 Å². The summed E-state index contributed by atoms with van der Waals surface area (Å²) in [5, 5.41) is 1.25. The van der Waals surface area contributed by atoms with Crippen molar-refractivity contribution in [2.24, 2.45) is 5.41 Å². The molecule has 0 atom stereocenters. The molecule has 1 amide bonds. The van der Waals surface area contributed by atoms with E-state index >= 15 is 0 Å². The molecule has 4 rings (SSSR count). The molecule has 3 heterocycles. The highest BCUT2D eigenvalue weighted by Crippen LogP contribution is 2.43. The minimum atomic E-state index is -0.461. The van der Waals surface area contributed by atoms with Crippen LogP contribution in [-0.2, 0) is 4.74 Å². The molecule has 0 unspecified atom stereocenters. The number of likely N-dealkylation sites (tertiary alicyclic amines) is 1. The molecule has 31 heavy (non-hydrogen) atoms. The summed E-state index contributed by atoms with van der Waals surface area (Å²) in [5.41, 5.74) is 1.61. The number of carbonyl (C=O) groups excluding carboxylic acids is 1. The zero-order chi connectivity index (χ0) is 22.6. The van der Waals surface area contributed by atoms with E-state index in [0.29, 0.717) is 0 Å². The summed E-state index contributed by atoms with van der Waals surface area (Å²) in [6.07, 6.45) is 1.80. The van der Waals surface area contributed by atoms with Crippen LogP contribution in [0.2, 0.25) is 5.28 Å². The average molecular weight is 511 g/mol. The standard InChI is InChI=1S/C22H29BrClN5O2/c1-21(2,3)31-20(30)29-12-22(13-29)6-8-28(9-7-22)18-14-10-17(27(4)5)15(23)11-16(14)25-19(24)26-18/h10-11H,6-9,12-13H2,1-5H3. The van der Waals surface area contributed by atoms with Gasteiger partial charge in [0.2, 0.25) is 5.28 Å². The second-order valence-electron chi connectivity index (χ2n) is 9.85. The third kappa shape index (κ3) is 4.55. The maximum Gasteiger partial charge on any atom is 0.410 e. The van der Waals surface area contributed by atoms with E-state index < -0.39 is 5.60 Å². The zero-order valence-corrected chi connectivity index (χ0v) is 21.0. The van der Waals surface area contributed by atoms with Crippen molar-refractivity contribution in [1.82, 2.24) is 14.9 Å². The monoisotopic (exact) mass is 509 g/mol. The lowest BCUT2D eigenvalue weighted by Gasteiger charge is -2.53. The summed E-state index contributed by atoms with van der Waals surface area (Å²) in [5.74, 6) is 0.878. The molecule has 0 saturated carbocycles. The van der Waals surface area contributed by atoms with Crippen molar-refractivity contribution >= 4 is 56.0 Å². The van der Waals surface area contributed by atoms with Crippen molar-refractivity contribution in [3.05, 3.63) is 21.9 Å². The van der Waals surface area contributed by atoms with Gasteiger partial charge in [-0.25, -0.2) is 9.78 Å². The van der Waals surface area contributed by atoms with E-state index in [1.54, 1.807) is 0 Å². The fraction of sp³-hybridized carbons (Fsp3) is 0.591. The molecule has 168 valence electrons. The number of piperidine rings is 1. The number of fused-ring (bicyclic) bond motifs is 1. The van der Waals surface area contributed by atoms with Crippen LogP contribution in [-0.4, -0.2) is 66.8 Å². The predicted octanol–water partition coefficient (Wildman–Crippen LogP) is 4.95. The van der Waals surface area contributed by atoms with E-state index in [9.17, 15) is 4.79 Å². The van der Waals surface area contributed by atoms with Gasteiger partial charge in [0.1, 0.15) is 11.4 Å². The van der Waals surface area contributed by atoms with Crippen molar-refractivity contribution in [3.63, 3.8) is 0 Å². The molecule has 7 nitrogen and oxygen atoms in total. The topological polar surface area (TPSA) is 61.8 Å². The number of amides is 1. The molecule has 2 fully saturated rings. The zero-order valence-electron chi connectivity index (χ0n) is 18.7. The molecular formula is C22H29BrClN5O2. The average Bonchev–Trinajstić information content (AvgIpc) is 2.63. The Morgan fingerprint density at radius 2 is 1.84 bits per heavy atom. The van der Waals surface area contributed by atoms with Crippen LogP contribution in [0.25, 0.3) is 10.9 Å². The van der Waals surface area contributed by atoms with Crippen molar-refractivity contribution in [2.45, 2.75) is 39.2 Å². The van der Waals surface area contributed by atoms with Gasteiger partial charge in [0, 0.05) is 55.5 Å². The fourth-order valence-electron chi connectivity index (χ4n) is 4.41. The van der Waals surface area contributed by atoms with Crippen LogP contribution in [0, 0.1) is 5.41 Å². The lowest BCUT2D eigenvalue weighted by molar-refractivity contribution is -0.0434. The predicted molar refractivity (Wildman–Crippen MR) is 128 cm³/mol. The summed E-state index contributed by atoms with van der Waals surface area (Å²) in [4.78, 5) is 27.5. The Balaban J connectivity index is 1.49. The van der Waals surface area contributed by atoms with E-state index in [0.717, 1.165) is 65.9 Å². The highest BCUT2D eigenvalue weighted by molar-refractivity contribution is 9.10. The number of ether oxygens (including phenoxy) is 1. The first-order chi connectivity index (χ1) is 14.5. The number of aromatic nitrogens is 2. The van der Waals surface area contributed by atoms with Gasteiger partial charge in [0.05, 0.1) is 11.2 Å². The first-order valence-corrected chi connectivity index (χ1v) is 11.7. The van der Waals surface area contributed by atoms with Gasteiger partial charge < -0.3 is 19.4 Å². The van der Waals surface area contributed by atoms with Crippen molar-refractivity contribution < 1.29 is 9.53 Å². The number of rotatable bonds is 2. The van der Waals surface area contributed by atoms with Gasteiger partial charge in [-0.05, 0) is 73.3 Å². The molecule has 0 radical (unpaired) electrons. The summed E-state index contributed by atoms with van der Waals surface area (Å²) in [6, 6.07) is 4.11. The van der Waals surface area contributed by atoms with Crippen LogP contribution in [0.5, 0.6) is 0 Å². The fourth-order valence-corrected chi connectivity index (χ4v) is 5.26. The van der Waals surface area contributed by atoms with Gasteiger partial charge in [-0.1, -0.05) is 0 Å². The number of hydrogen-bond acceptors (Lipinski definition) is 6. The minimum absolute atomic E-state index is 0.178. The molecule has 9 heteroatoms. The van der Waals surface area contributed by atoms with Gasteiger partial charge in [0.25, 0.3) is 0 Å². The Morgan fingerprint density at radius 1 is 1.19 bits per heavy atom. The number of carbonyl (C=O) groups is 1. The molecule has 2 aliphatic heterocycles. The summed E-state index contributed by atoms with van der Waals surface area (Å²) in [7, 11) is 4.03. The molecule has 1 aromatic carbocycles. The second kappa shape index (κ2) is 7.96. The smallest absolute Gasteiger partial charge is 0.410 e. The third-order valence-corrected chi connectivity index (χ3v) is 6.83. The highest BCUT2D eigenvalue weighted by atomic mass is 79.9. The first kappa shape index (κ1) is 22.4. The van der Waals surface area contributed by atoms with E-state index in [1.807, 2.05) is 45.8 Å². The molecular weight excluding hydrogens is 482 g/mol. The maximum atomic E-state index is 12.3. The molecule has 0 N–H and O–H groups in total. The molecule has 0 bridgehead atoms. The van der Waals surface area contributed by atoms with Crippen LogP contribution >= 0.6 is 27.5 Å². The molecule has 1 spiro atoms. The Hall–Kier alpha value is -1.80. The van der Waals surface area contributed by atoms with Crippen LogP contribution in [0.1, 0.15) is 33.6 Å². The van der Waals surface area contributed by atoms with Gasteiger partial charge in [-0.15, -0.1) is 0 Å². The molecule has 2 aliphatic rings. The SMILES string of the molecule is CN(C)c1cc2c(N3CCC4(CC3)CN(C(=O)OC(C)(C)C)C4)nc(Cl)nc2cc1Br. The lowest BCUT2D eigenvalue weighted by atomic mass is 9.72. The Bertz CT molecular complexity index is 1010. The van der Waals surface area contributed by atoms with E-state index in [-0.39, 0.29) is 16.8 Å². The summed E-state index contributed by atoms with van der Waals surface area (Å²) >= 11 is 9.90. The Labute approximate surface area is 196 Å². The Morgan fingerprint density at radius 3 is 2.42 bits per heavy atom. The number of nitrogens with zero attached hydrogens (tertiary/aromatic N) is 5. The number of anilines is 2. The Kier molecular flexibility index (Phi) is 5.75. The van der Waals surface area contributed by atoms with Crippen LogP contribution in [0.4, 0.5) is 16.3 Å². The minimum Gasteiger partial charge on any atom is -0.444 e. The van der Waals surface area contributed by atoms with E-state index in [4.69, 9.17) is 16.3 Å². The molecule has 1 aromatic heterocycles. The van der Waals surface area contributed by atoms with Crippen molar-refractivity contribution in [1.29, 1.82) is 0 Å². The van der Waals surface area contributed by atoms with E-state index in [2.05, 4.69) is 41.8 Å². The van der Waals surface area contributed by atoms with Crippen LogP contribution in [0.15, 0.2) is 16.6 Å². The van der Waals surface area contributed by atoms with Gasteiger partial charge in [-0.3, -0.25) is 0 Å². The second-order valence-corrected chi connectivity index (χ2v) is 11.0. The van der Waals surface area contributed by atoms with E-state index in [1.165, 1.54) is 0 Å². The normalized spacial score (nSPS) is 18.3. The largest absolute Gasteiger partial charge is 0.444 e. The number of hydrogen-bond donors (Lipinski definition) is 0. The summed E-state index contributed by atoms with van der Waals surface area (Å²) < 4.78 is 6.48. The molecule has 0 aliphatic carbocycles. The molecule has 2 aromatic rings. The lowest BCUT2D eigenvalue weighted by Crippen LogP contribution is -2.62. The van der Waals surface area contributed by atoms with Crippen LogP contribution < -0.4 is 9.80 Å².